The van der Waals surface area contributed by atoms with E-state index in [2.05, 4.69) is 31.0 Å². The van der Waals surface area contributed by atoms with Crippen LogP contribution in [0.25, 0.3) is 0 Å². The van der Waals surface area contributed by atoms with Crippen molar-refractivity contribution in [2.75, 3.05) is 26.2 Å². The highest BCUT2D eigenvalue weighted by molar-refractivity contribution is 4.93. The largest absolute Gasteiger partial charge is 0.311 e. The van der Waals surface area contributed by atoms with Gasteiger partial charge in [0.05, 0.1) is 0 Å². The van der Waals surface area contributed by atoms with Gasteiger partial charge in [0.25, 0.3) is 0 Å². The summed E-state index contributed by atoms with van der Waals surface area (Å²) in [6, 6.07) is 0.714. The fraction of sp³-hybridized carbons (Fsp3) is 1.00. The molecule has 2 nitrogen and oxygen atoms in total. The third kappa shape index (κ3) is 2.48. The second-order valence-electron chi connectivity index (χ2n) is 5.85. The molecule has 1 aliphatic carbocycles. The van der Waals surface area contributed by atoms with Crippen LogP contribution < -0.4 is 5.32 Å². The molecule has 0 radical (unpaired) electrons. The summed E-state index contributed by atoms with van der Waals surface area (Å²) in [6.07, 6.45) is 2.90. The average molecular weight is 196 g/mol. The fourth-order valence-corrected chi connectivity index (χ4v) is 2.34. The molecule has 0 aromatic carbocycles. The van der Waals surface area contributed by atoms with E-state index in [4.69, 9.17) is 0 Å². The van der Waals surface area contributed by atoms with Gasteiger partial charge in [-0.25, -0.2) is 0 Å². The first-order valence-corrected chi connectivity index (χ1v) is 6.05. The van der Waals surface area contributed by atoms with Crippen LogP contribution in [0.4, 0.5) is 0 Å². The molecule has 2 rings (SSSR count). The summed E-state index contributed by atoms with van der Waals surface area (Å²) in [4.78, 5) is 2.66. The quantitative estimate of drug-likeness (QED) is 0.739. The lowest BCUT2D eigenvalue weighted by molar-refractivity contribution is 0.151. The van der Waals surface area contributed by atoms with Crippen molar-refractivity contribution >= 4 is 0 Å². The number of rotatable bonds is 3. The van der Waals surface area contributed by atoms with Gasteiger partial charge in [-0.05, 0) is 24.2 Å². The number of nitrogens with one attached hydrogen (secondary N) is 1. The minimum atomic E-state index is 0.679. The number of nitrogens with zero attached hydrogens (tertiary/aromatic N) is 1. The second-order valence-corrected chi connectivity index (χ2v) is 5.85. The van der Waals surface area contributed by atoms with Gasteiger partial charge in [0.1, 0.15) is 0 Å². The summed E-state index contributed by atoms with van der Waals surface area (Å²) >= 11 is 0. The van der Waals surface area contributed by atoms with Crippen molar-refractivity contribution in [3.05, 3.63) is 0 Å². The van der Waals surface area contributed by atoms with E-state index in [0.29, 0.717) is 11.5 Å². The SMILES string of the molecule is CC(C)[C@H]1CN(CC2(C)CC2)CCN1. The molecule has 1 saturated heterocycles. The predicted octanol–water partition coefficient (Wildman–Crippen LogP) is 1.72. The third-order valence-corrected chi connectivity index (χ3v) is 3.80. The van der Waals surface area contributed by atoms with Crippen molar-refractivity contribution in [2.45, 2.75) is 39.7 Å². The third-order valence-electron chi connectivity index (χ3n) is 3.80. The van der Waals surface area contributed by atoms with Gasteiger partial charge >= 0.3 is 0 Å². The van der Waals surface area contributed by atoms with Crippen molar-refractivity contribution in [1.82, 2.24) is 10.2 Å². The molecule has 82 valence electrons. The minimum Gasteiger partial charge on any atom is -0.311 e. The first-order chi connectivity index (χ1) is 6.59. The maximum atomic E-state index is 3.61. The molecule has 0 unspecified atom stereocenters. The van der Waals surface area contributed by atoms with Crippen LogP contribution in [0.1, 0.15) is 33.6 Å². The van der Waals surface area contributed by atoms with E-state index >= 15 is 0 Å². The van der Waals surface area contributed by atoms with E-state index in [1.165, 1.54) is 39.0 Å². The Labute approximate surface area is 88.1 Å². The van der Waals surface area contributed by atoms with Gasteiger partial charge in [-0.15, -0.1) is 0 Å². The average Bonchev–Trinajstić information content (AvgIpc) is 2.83. The van der Waals surface area contributed by atoms with E-state index in [0.717, 1.165) is 5.92 Å². The van der Waals surface area contributed by atoms with Gasteiger partial charge in [-0.2, -0.15) is 0 Å². The molecule has 14 heavy (non-hydrogen) atoms. The van der Waals surface area contributed by atoms with E-state index in [9.17, 15) is 0 Å². The van der Waals surface area contributed by atoms with Crippen molar-refractivity contribution in [3.63, 3.8) is 0 Å². The summed E-state index contributed by atoms with van der Waals surface area (Å²) in [5, 5.41) is 3.61. The molecule has 2 aliphatic rings. The molecule has 1 N–H and O–H groups in total. The predicted molar refractivity (Wildman–Crippen MR) is 60.4 cm³/mol. The monoisotopic (exact) mass is 196 g/mol. The molecular weight excluding hydrogens is 172 g/mol. The summed E-state index contributed by atoms with van der Waals surface area (Å²) in [5.41, 5.74) is 0.679. The lowest BCUT2D eigenvalue weighted by atomic mass is 10.0. The molecule has 2 fully saturated rings. The van der Waals surface area contributed by atoms with Crippen LogP contribution in [0.5, 0.6) is 0 Å². The normalized spacial score (nSPS) is 32.1. The van der Waals surface area contributed by atoms with Crippen LogP contribution in [-0.4, -0.2) is 37.1 Å². The highest BCUT2D eigenvalue weighted by Crippen LogP contribution is 2.45. The van der Waals surface area contributed by atoms with E-state index in [-0.39, 0.29) is 0 Å². The van der Waals surface area contributed by atoms with Crippen LogP contribution in [0.15, 0.2) is 0 Å². The molecule has 1 aliphatic heterocycles. The highest BCUT2D eigenvalue weighted by atomic mass is 15.2. The zero-order valence-corrected chi connectivity index (χ0v) is 9.84. The Morgan fingerprint density at radius 2 is 2.14 bits per heavy atom. The van der Waals surface area contributed by atoms with Crippen LogP contribution in [0, 0.1) is 11.3 Å². The van der Waals surface area contributed by atoms with Crippen molar-refractivity contribution in [2.24, 2.45) is 11.3 Å². The fourth-order valence-electron chi connectivity index (χ4n) is 2.34. The van der Waals surface area contributed by atoms with Gasteiger partial charge in [0.15, 0.2) is 0 Å². The van der Waals surface area contributed by atoms with Crippen molar-refractivity contribution in [3.8, 4) is 0 Å². The molecule has 0 bridgehead atoms. The van der Waals surface area contributed by atoms with Gasteiger partial charge in [0, 0.05) is 32.2 Å². The Bertz CT molecular complexity index is 196. The minimum absolute atomic E-state index is 0.679. The van der Waals surface area contributed by atoms with Crippen LogP contribution in [0.2, 0.25) is 0 Å². The van der Waals surface area contributed by atoms with Gasteiger partial charge in [0.2, 0.25) is 0 Å². The Morgan fingerprint density at radius 1 is 1.43 bits per heavy atom. The topological polar surface area (TPSA) is 15.3 Å². The zero-order valence-electron chi connectivity index (χ0n) is 9.84. The van der Waals surface area contributed by atoms with Crippen LogP contribution >= 0.6 is 0 Å². The van der Waals surface area contributed by atoms with Crippen LogP contribution in [-0.2, 0) is 0 Å². The summed E-state index contributed by atoms with van der Waals surface area (Å²) in [7, 11) is 0. The maximum Gasteiger partial charge on any atom is 0.0218 e. The first kappa shape index (κ1) is 10.4. The smallest absolute Gasteiger partial charge is 0.0218 e. The number of hydrogen-bond acceptors (Lipinski definition) is 2. The standard InChI is InChI=1S/C12H24N2/c1-10(2)11-8-14(7-6-13-11)9-12(3)4-5-12/h10-11,13H,4-9H2,1-3H3/t11-/m1/s1. The van der Waals surface area contributed by atoms with Gasteiger partial charge in [-0.1, -0.05) is 20.8 Å². The number of hydrogen-bond donors (Lipinski definition) is 1. The Morgan fingerprint density at radius 3 is 2.71 bits per heavy atom. The molecule has 0 aromatic rings. The molecule has 2 heteroatoms. The molecule has 0 aromatic heterocycles. The number of piperazine rings is 1. The summed E-state index contributed by atoms with van der Waals surface area (Å²) < 4.78 is 0. The molecule has 0 spiro atoms. The van der Waals surface area contributed by atoms with Gasteiger partial charge in [-0.3, -0.25) is 4.90 Å². The zero-order chi connectivity index (χ0) is 10.2. The first-order valence-electron chi connectivity index (χ1n) is 6.05. The van der Waals surface area contributed by atoms with E-state index in [1.807, 2.05) is 0 Å². The molecular formula is C12H24N2. The van der Waals surface area contributed by atoms with E-state index < -0.39 is 0 Å². The summed E-state index contributed by atoms with van der Waals surface area (Å²) in [5.74, 6) is 0.768. The summed E-state index contributed by atoms with van der Waals surface area (Å²) in [6.45, 7) is 12.1. The Hall–Kier alpha value is -0.0800. The Kier molecular flexibility index (Phi) is 2.85. The second kappa shape index (κ2) is 3.82. The molecule has 0 amide bonds. The lowest BCUT2D eigenvalue weighted by Crippen LogP contribution is -2.53. The molecule has 1 atom stereocenters. The van der Waals surface area contributed by atoms with Crippen molar-refractivity contribution < 1.29 is 0 Å². The molecule has 1 heterocycles. The van der Waals surface area contributed by atoms with Crippen LogP contribution in [0.3, 0.4) is 0 Å². The van der Waals surface area contributed by atoms with Gasteiger partial charge < -0.3 is 5.32 Å². The maximum absolute atomic E-state index is 3.61. The van der Waals surface area contributed by atoms with E-state index in [1.54, 1.807) is 0 Å². The van der Waals surface area contributed by atoms with Crippen molar-refractivity contribution in [1.29, 1.82) is 0 Å². The Balaban J connectivity index is 1.81. The lowest BCUT2D eigenvalue weighted by Gasteiger charge is -2.37. The molecule has 1 saturated carbocycles. The highest BCUT2D eigenvalue weighted by Gasteiger charge is 2.39.